The molecule has 0 atom stereocenters. The van der Waals surface area contributed by atoms with Gasteiger partial charge in [-0.2, -0.15) is 5.10 Å². The van der Waals surface area contributed by atoms with Crippen molar-refractivity contribution in [3.63, 3.8) is 0 Å². The van der Waals surface area contributed by atoms with E-state index in [1.807, 2.05) is 6.92 Å². The number of carbonyl (C=O) groups excluding carboxylic acids is 1. The molecule has 0 saturated heterocycles. The van der Waals surface area contributed by atoms with Gasteiger partial charge in [-0.1, -0.05) is 12.1 Å². The zero-order valence-corrected chi connectivity index (χ0v) is 10.6. The third-order valence-electron chi connectivity index (χ3n) is 2.57. The number of hydrogen-bond acceptors (Lipinski definition) is 4. The maximum atomic E-state index is 12.2. The highest BCUT2D eigenvalue weighted by atomic mass is 16.5. The van der Waals surface area contributed by atoms with Crippen molar-refractivity contribution in [2.75, 3.05) is 6.61 Å². The van der Waals surface area contributed by atoms with E-state index in [0.29, 0.717) is 17.9 Å². The molecule has 2 rings (SSSR count). The average molecular weight is 258 g/mol. The van der Waals surface area contributed by atoms with Crippen LogP contribution in [0.2, 0.25) is 0 Å². The van der Waals surface area contributed by atoms with Crippen LogP contribution in [0, 0.1) is 0 Å². The molecular weight excluding hydrogens is 244 g/mol. The number of carbonyl (C=O) groups is 1. The second kappa shape index (κ2) is 5.95. The summed E-state index contributed by atoms with van der Waals surface area (Å²) in [6, 6.07) is 9.89. The first-order valence-corrected chi connectivity index (χ1v) is 5.99. The van der Waals surface area contributed by atoms with E-state index in [-0.39, 0.29) is 17.9 Å². The average Bonchev–Trinajstić information content (AvgIpc) is 2.42. The van der Waals surface area contributed by atoms with Crippen LogP contribution in [0.3, 0.4) is 0 Å². The number of Topliss-reactive ketones (excluding diaryl/α,β-unsaturated/α-hetero) is 1. The van der Waals surface area contributed by atoms with Crippen LogP contribution in [0.25, 0.3) is 0 Å². The highest BCUT2D eigenvalue weighted by molar-refractivity contribution is 5.98. The quantitative estimate of drug-likeness (QED) is 0.763. The predicted molar refractivity (Wildman–Crippen MR) is 70.4 cm³/mol. The fraction of sp³-hybridized carbons (Fsp3) is 0.214. The monoisotopic (exact) mass is 258 g/mol. The normalized spacial score (nSPS) is 10.2. The Labute approximate surface area is 110 Å². The summed E-state index contributed by atoms with van der Waals surface area (Å²) in [5.74, 6) is 0.323. The van der Waals surface area contributed by atoms with Crippen LogP contribution >= 0.6 is 0 Å². The summed E-state index contributed by atoms with van der Waals surface area (Å²) in [6.45, 7) is 2.24. The Balaban J connectivity index is 2.26. The third kappa shape index (κ3) is 3.07. The second-order valence-electron chi connectivity index (χ2n) is 3.87. The molecule has 1 heterocycles. The van der Waals surface area contributed by atoms with Crippen LogP contribution in [0.5, 0.6) is 5.75 Å². The minimum atomic E-state index is -0.301. The molecule has 0 radical (unpaired) electrons. The van der Waals surface area contributed by atoms with E-state index < -0.39 is 0 Å². The van der Waals surface area contributed by atoms with Crippen molar-refractivity contribution in [1.29, 1.82) is 0 Å². The molecule has 5 nitrogen and oxygen atoms in total. The zero-order chi connectivity index (χ0) is 13.7. The summed E-state index contributed by atoms with van der Waals surface area (Å²) in [5.41, 5.74) is 0.159. The molecule has 1 aromatic carbocycles. The first-order valence-electron chi connectivity index (χ1n) is 5.99. The Bertz CT molecular complexity index is 634. The molecule has 5 heteroatoms. The van der Waals surface area contributed by atoms with Gasteiger partial charge in [0.1, 0.15) is 12.3 Å². The molecule has 0 saturated carbocycles. The first-order chi connectivity index (χ1) is 9.22. The molecule has 1 aromatic heterocycles. The topological polar surface area (TPSA) is 61.2 Å². The number of nitrogens with zero attached hydrogens (tertiary/aromatic N) is 2. The summed E-state index contributed by atoms with van der Waals surface area (Å²) < 4.78 is 6.53. The van der Waals surface area contributed by atoms with Gasteiger partial charge in [0.15, 0.2) is 5.78 Å². The molecular formula is C14H14N2O3. The molecule has 0 aliphatic carbocycles. The van der Waals surface area contributed by atoms with E-state index in [2.05, 4.69) is 5.10 Å². The molecule has 0 bridgehead atoms. The van der Waals surface area contributed by atoms with Gasteiger partial charge in [0.2, 0.25) is 0 Å². The van der Waals surface area contributed by atoms with Gasteiger partial charge in [-0.3, -0.25) is 9.59 Å². The van der Waals surface area contributed by atoms with Crippen LogP contribution in [-0.2, 0) is 6.54 Å². The van der Waals surface area contributed by atoms with Gasteiger partial charge in [0.25, 0.3) is 5.56 Å². The Kier molecular flexibility index (Phi) is 4.07. The second-order valence-corrected chi connectivity index (χ2v) is 3.87. The Morgan fingerprint density at radius 3 is 2.79 bits per heavy atom. The van der Waals surface area contributed by atoms with Crippen molar-refractivity contribution >= 4 is 5.78 Å². The molecule has 0 amide bonds. The smallest absolute Gasteiger partial charge is 0.267 e. The lowest BCUT2D eigenvalue weighted by Crippen LogP contribution is -2.25. The lowest BCUT2D eigenvalue weighted by atomic mass is 10.1. The fourth-order valence-corrected chi connectivity index (χ4v) is 1.71. The highest BCUT2D eigenvalue weighted by Gasteiger charge is 2.13. The number of hydrogen-bond donors (Lipinski definition) is 0. The fourth-order valence-electron chi connectivity index (χ4n) is 1.71. The minimum absolute atomic E-state index is 0.0935. The molecule has 2 aromatic rings. The van der Waals surface area contributed by atoms with E-state index in [0.717, 1.165) is 4.68 Å². The highest BCUT2D eigenvalue weighted by Crippen LogP contribution is 2.18. The van der Waals surface area contributed by atoms with Crippen LogP contribution in [0.15, 0.2) is 47.4 Å². The predicted octanol–water partition coefficient (Wildman–Crippen LogP) is 1.52. The first kappa shape index (κ1) is 13.0. The van der Waals surface area contributed by atoms with E-state index >= 15 is 0 Å². The van der Waals surface area contributed by atoms with Gasteiger partial charge in [-0.15, -0.1) is 0 Å². The standard InChI is InChI=1S/C14H14N2O3/c1-2-19-13-7-4-3-6-11(13)12(17)10-16-14(18)8-5-9-15-16/h3-9H,2,10H2,1H3. The van der Waals surface area contributed by atoms with Gasteiger partial charge in [0.05, 0.1) is 12.2 Å². The lowest BCUT2D eigenvalue weighted by Gasteiger charge is -2.09. The molecule has 0 unspecified atom stereocenters. The van der Waals surface area contributed by atoms with Gasteiger partial charge in [0, 0.05) is 12.3 Å². The lowest BCUT2D eigenvalue weighted by molar-refractivity contribution is 0.0962. The third-order valence-corrected chi connectivity index (χ3v) is 2.57. The number of rotatable bonds is 5. The summed E-state index contributed by atoms with van der Waals surface area (Å²) in [6.07, 6.45) is 1.48. The minimum Gasteiger partial charge on any atom is -0.493 e. The Morgan fingerprint density at radius 2 is 2.05 bits per heavy atom. The van der Waals surface area contributed by atoms with Crippen LogP contribution in [0.4, 0.5) is 0 Å². The number of ether oxygens (including phenoxy) is 1. The molecule has 19 heavy (non-hydrogen) atoms. The zero-order valence-electron chi connectivity index (χ0n) is 10.6. The van der Waals surface area contributed by atoms with Crippen molar-refractivity contribution in [1.82, 2.24) is 9.78 Å². The van der Waals surface area contributed by atoms with E-state index in [4.69, 9.17) is 4.74 Å². The van der Waals surface area contributed by atoms with Crippen molar-refractivity contribution in [2.45, 2.75) is 13.5 Å². The molecule has 0 aliphatic heterocycles. The summed E-state index contributed by atoms with van der Waals surface area (Å²) in [4.78, 5) is 23.7. The van der Waals surface area contributed by atoms with Crippen molar-refractivity contribution < 1.29 is 9.53 Å². The van der Waals surface area contributed by atoms with E-state index in [1.54, 1.807) is 24.3 Å². The number of benzene rings is 1. The van der Waals surface area contributed by atoms with E-state index in [1.165, 1.54) is 18.3 Å². The Morgan fingerprint density at radius 1 is 1.26 bits per heavy atom. The summed E-state index contributed by atoms with van der Waals surface area (Å²) >= 11 is 0. The summed E-state index contributed by atoms with van der Waals surface area (Å²) in [5, 5.41) is 3.86. The van der Waals surface area contributed by atoms with Crippen molar-refractivity contribution in [3.05, 3.63) is 58.5 Å². The summed E-state index contributed by atoms with van der Waals surface area (Å²) in [7, 11) is 0. The SMILES string of the molecule is CCOc1ccccc1C(=O)Cn1ncccc1=O. The molecule has 0 N–H and O–H groups in total. The van der Waals surface area contributed by atoms with Crippen LogP contribution < -0.4 is 10.3 Å². The van der Waals surface area contributed by atoms with Crippen molar-refractivity contribution in [2.24, 2.45) is 0 Å². The molecule has 0 fully saturated rings. The number of ketones is 1. The number of para-hydroxylation sites is 1. The van der Waals surface area contributed by atoms with Gasteiger partial charge >= 0.3 is 0 Å². The molecule has 0 spiro atoms. The molecule has 0 aliphatic rings. The Hall–Kier alpha value is -2.43. The maximum absolute atomic E-state index is 12.2. The maximum Gasteiger partial charge on any atom is 0.267 e. The van der Waals surface area contributed by atoms with Gasteiger partial charge in [-0.05, 0) is 25.1 Å². The number of aromatic nitrogens is 2. The largest absolute Gasteiger partial charge is 0.493 e. The van der Waals surface area contributed by atoms with E-state index in [9.17, 15) is 9.59 Å². The van der Waals surface area contributed by atoms with Gasteiger partial charge in [-0.25, -0.2) is 4.68 Å². The molecule has 98 valence electrons. The van der Waals surface area contributed by atoms with Crippen LogP contribution in [0.1, 0.15) is 17.3 Å². The van der Waals surface area contributed by atoms with Gasteiger partial charge < -0.3 is 4.74 Å². The van der Waals surface area contributed by atoms with Crippen molar-refractivity contribution in [3.8, 4) is 5.75 Å². The van der Waals surface area contributed by atoms with Crippen LogP contribution in [-0.4, -0.2) is 22.2 Å².